The summed E-state index contributed by atoms with van der Waals surface area (Å²) in [6.07, 6.45) is -0.300. The van der Waals surface area contributed by atoms with Gasteiger partial charge < -0.3 is 13.9 Å². The number of hydrogen-bond acceptors (Lipinski definition) is 6. The Kier molecular flexibility index (Phi) is 11.2. The fraction of sp³-hybridized carbons (Fsp3) is 0.727. The Bertz CT molecular complexity index is 694. The van der Waals surface area contributed by atoms with Gasteiger partial charge in [0.1, 0.15) is 6.29 Å². The van der Waals surface area contributed by atoms with E-state index in [4.69, 9.17) is 18.1 Å². The van der Waals surface area contributed by atoms with Gasteiger partial charge in [-0.1, -0.05) is 59.2 Å². The maximum Gasteiger partial charge on any atom is 0.297 e. The van der Waals surface area contributed by atoms with Crippen LogP contribution in [0.15, 0.2) is 29.2 Å². The summed E-state index contributed by atoms with van der Waals surface area (Å²) in [6.45, 7) is 18.2. The van der Waals surface area contributed by atoms with Crippen LogP contribution in [0.5, 0.6) is 0 Å². The number of aryl methyl sites for hydroxylation is 1. The molecule has 0 aliphatic rings. The van der Waals surface area contributed by atoms with E-state index in [0.29, 0.717) is 29.8 Å². The summed E-state index contributed by atoms with van der Waals surface area (Å²) in [6, 6.07) is 6.55. The van der Waals surface area contributed by atoms with Gasteiger partial charge in [-0.2, -0.15) is 8.42 Å². The molecule has 1 atom stereocenters. The van der Waals surface area contributed by atoms with E-state index >= 15 is 0 Å². The molecule has 0 saturated heterocycles. The van der Waals surface area contributed by atoms with Crippen LogP contribution < -0.4 is 0 Å². The Morgan fingerprint density at radius 2 is 1.30 bits per heavy atom. The molecule has 0 heterocycles. The van der Waals surface area contributed by atoms with Crippen molar-refractivity contribution in [2.24, 2.45) is 0 Å². The average Bonchev–Trinajstić information content (AvgIpc) is 2.64. The summed E-state index contributed by atoms with van der Waals surface area (Å²) in [5, 5.41) is 0. The van der Waals surface area contributed by atoms with Crippen molar-refractivity contribution in [3.05, 3.63) is 29.8 Å². The molecular weight excluding hydrogens is 420 g/mol. The molecule has 0 spiro atoms. The highest BCUT2D eigenvalue weighted by Gasteiger charge is 2.46. The van der Waals surface area contributed by atoms with E-state index in [0.717, 1.165) is 5.56 Å². The van der Waals surface area contributed by atoms with Gasteiger partial charge >= 0.3 is 0 Å². The third-order valence-electron chi connectivity index (χ3n) is 5.43. The third kappa shape index (κ3) is 7.73. The van der Waals surface area contributed by atoms with E-state index in [9.17, 15) is 8.42 Å². The molecule has 0 saturated carbocycles. The molecule has 0 amide bonds. The van der Waals surface area contributed by atoms with Crippen LogP contribution in [0.3, 0.4) is 0 Å². The summed E-state index contributed by atoms with van der Waals surface area (Å²) in [5.41, 5.74) is 2.47. The Hall–Kier alpha value is -0.773. The van der Waals surface area contributed by atoms with Gasteiger partial charge in [0.15, 0.2) is 0 Å². The SMILES string of the molecule is Cc1ccc(S(=O)(=O)OCCOCCOC(C)O[Si](C(C)C)(C(C)C)C(C)C)cc1. The Labute approximate surface area is 184 Å². The Balaban J connectivity index is 2.34. The van der Waals surface area contributed by atoms with Crippen molar-refractivity contribution in [3.63, 3.8) is 0 Å². The van der Waals surface area contributed by atoms with Crippen LogP contribution in [0.25, 0.3) is 0 Å². The topological polar surface area (TPSA) is 71.1 Å². The van der Waals surface area contributed by atoms with Crippen LogP contribution in [0.2, 0.25) is 16.6 Å². The molecular formula is C22H40O6SSi. The first-order valence-electron chi connectivity index (χ1n) is 10.8. The van der Waals surface area contributed by atoms with Gasteiger partial charge in [0.25, 0.3) is 10.1 Å². The minimum Gasteiger partial charge on any atom is -0.392 e. The Morgan fingerprint density at radius 3 is 1.80 bits per heavy atom. The van der Waals surface area contributed by atoms with Crippen molar-refractivity contribution in [2.45, 2.75) is 83.2 Å². The minimum absolute atomic E-state index is 0.0354. The van der Waals surface area contributed by atoms with Crippen molar-refractivity contribution in [3.8, 4) is 0 Å². The zero-order chi connectivity index (χ0) is 22.9. The Morgan fingerprint density at radius 1 is 0.800 bits per heavy atom. The van der Waals surface area contributed by atoms with Gasteiger partial charge in [-0.15, -0.1) is 0 Å². The predicted octanol–water partition coefficient (Wildman–Crippen LogP) is 5.27. The lowest BCUT2D eigenvalue weighted by Crippen LogP contribution is -2.50. The van der Waals surface area contributed by atoms with Crippen LogP contribution in [0, 0.1) is 6.92 Å². The second kappa shape index (κ2) is 12.3. The summed E-state index contributed by atoms with van der Waals surface area (Å²) in [5.74, 6) is 0. The van der Waals surface area contributed by atoms with E-state index < -0.39 is 18.4 Å². The minimum atomic E-state index is -3.75. The molecule has 30 heavy (non-hydrogen) atoms. The molecule has 0 fully saturated rings. The first-order chi connectivity index (χ1) is 13.9. The largest absolute Gasteiger partial charge is 0.392 e. The van der Waals surface area contributed by atoms with Crippen molar-refractivity contribution in [2.75, 3.05) is 26.4 Å². The van der Waals surface area contributed by atoms with E-state index in [1.165, 1.54) is 12.1 Å². The summed E-state index contributed by atoms with van der Waals surface area (Å²) in [7, 11) is -5.74. The molecule has 174 valence electrons. The van der Waals surface area contributed by atoms with Crippen molar-refractivity contribution in [1.29, 1.82) is 0 Å². The average molecular weight is 461 g/mol. The maximum atomic E-state index is 12.1. The highest BCUT2D eigenvalue weighted by molar-refractivity contribution is 7.86. The van der Waals surface area contributed by atoms with Gasteiger partial charge in [-0.3, -0.25) is 4.18 Å². The fourth-order valence-electron chi connectivity index (χ4n) is 4.08. The van der Waals surface area contributed by atoms with Gasteiger partial charge in [0, 0.05) is 0 Å². The van der Waals surface area contributed by atoms with Crippen molar-refractivity contribution >= 4 is 18.4 Å². The van der Waals surface area contributed by atoms with E-state index in [2.05, 4.69) is 41.5 Å². The number of benzene rings is 1. The molecule has 1 unspecified atom stereocenters. The monoisotopic (exact) mass is 460 g/mol. The van der Waals surface area contributed by atoms with Gasteiger partial charge in [-0.05, 0) is 42.6 Å². The van der Waals surface area contributed by atoms with Crippen molar-refractivity contribution in [1.82, 2.24) is 0 Å². The summed E-state index contributed by atoms with van der Waals surface area (Å²) < 4.78 is 47.0. The molecule has 6 nitrogen and oxygen atoms in total. The predicted molar refractivity (Wildman–Crippen MR) is 123 cm³/mol. The number of hydrogen-bond donors (Lipinski definition) is 0. The van der Waals surface area contributed by atoms with Crippen LogP contribution in [0.1, 0.15) is 54.0 Å². The first kappa shape index (κ1) is 27.3. The lowest BCUT2D eigenvalue weighted by Gasteiger charge is -2.43. The van der Waals surface area contributed by atoms with Crippen LogP contribution >= 0.6 is 0 Å². The van der Waals surface area contributed by atoms with Gasteiger partial charge in [0.2, 0.25) is 8.32 Å². The molecule has 0 aliphatic carbocycles. The van der Waals surface area contributed by atoms with E-state index in [-0.39, 0.29) is 24.4 Å². The zero-order valence-corrected chi connectivity index (χ0v) is 21.6. The molecule has 1 aromatic carbocycles. The van der Waals surface area contributed by atoms with Gasteiger partial charge in [0.05, 0.1) is 31.3 Å². The summed E-state index contributed by atoms with van der Waals surface area (Å²) in [4.78, 5) is 0.149. The molecule has 0 N–H and O–H groups in total. The second-order valence-corrected chi connectivity index (χ2v) is 15.6. The molecule has 0 bridgehead atoms. The second-order valence-electron chi connectivity index (χ2n) is 8.58. The quantitative estimate of drug-likeness (QED) is 0.163. The molecule has 0 radical (unpaired) electrons. The standard InChI is InChI=1S/C22H40O6SSi/c1-17(2)30(18(3)4,19(5)6)28-21(8)26-15-13-25-14-16-27-29(23,24)22-11-9-20(7)10-12-22/h9-12,17-19,21H,13-16H2,1-8H3. The van der Waals surface area contributed by atoms with E-state index in [1.54, 1.807) is 12.1 Å². The van der Waals surface area contributed by atoms with Crippen LogP contribution in [0.4, 0.5) is 0 Å². The normalized spacial score (nSPS) is 14.1. The highest BCUT2D eigenvalue weighted by Crippen LogP contribution is 2.43. The van der Waals surface area contributed by atoms with Crippen LogP contribution in [-0.2, 0) is 28.2 Å². The highest BCUT2D eigenvalue weighted by atomic mass is 32.2. The molecule has 1 aromatic rings. The lowest BCUT2D eigenvalue weighted by atomic mass is 10.2. The van der Waals surface area contributed by atoms with Gasteiger partial charge in [-0.25, -0.2) is 0 Å². The third-order valence-corrected chi connectivity index (χ3v) is 12.9. The molecule has 0 aliphatic heterocycles. The number of rotatable bonds is 14. The number of ether oxygens (including phenoxy) is 2. The maximum absolute atomic E-state index is 12.1. The van der Waals surface area contributed by atoms with Crippen LogP contribution in [-0.4, -0.2) is 49.5 Å². The summed E-state index contributed by atoms with van der Waals surface area (Å²) >= 11 is 0. The lowest BCUT2D eigenvalue weighted by molar-refractivity contribution is -0.0930. The molecule has 1 rings (SSSR count). The molecule has 0 aromatic heterocycles. The fourth-order valence-corrected chi connectivity index (χ4v) is 10.4. The van der Waals surface area contributed by atoms with Crippen molar-refractivity contribution < 1.29 is 26.5 Å². The zero-order valence-electron chi connectivity index (χ0n) is 19.8. The first-order valence-corrected chi connectivity index (χ1v) is 14.3. The molecule has 8 heteroatoms. The smallest absolute Gasteiger partial charge is 0.297 e. The van der Waals surface area contributed by atoms with E-state index in [1.807, 2.05) is 13.8 Å².